The van der Waals surface area contributed by atoms with Crippen LogP contribution in [0, 0.1) is 21.7 Å². The van der Waals surface area contributed by atoms with Crippen LogP contribution in [-0.4, -0.2) is 24.8 Å². The van der Waals surface area contributed by atoms with E-state index in [1.165, 1.54) is 18.2 Å². The Morgan fingerprint density at radius 3 is 2.42 bits per heavy atom. The van der Waals surface area contributed by atoms with Crippen molar-refractivity contribution in [2.45, 2.75) is 0 Å². The largest absolute Gasteiger partial charge is 0.372 e. The molecule has 2 rings (SSSR count). The van der Waals surface area contributed by atoms with E-state index in [1.54, 1.807) is 31.1 Å². The van der Waals surface area contributed by atoms with Crippen molar-refractivity contribution < 1.29 is 18.5 Å². The third-order valence-electron chi connectivity index (χ3n) is 3.31. The van der Waals surface area contributed by atoms with Gasteiger partial charge >= 0.3 is 0 Å². The van der Waals surface area contributed by atoms with Crippen molar-refractivity contribution in [3.63, 3.8) is 0 Å². The van der Waals surface area contributed by atoms with E-state index in [1.807, 2.05) is 0 Å². The maximum Gasteiger partial charge on any atom is 0.293 e. The molecule has 0 aliphatic heterocycles. The van der Waals surface area contributed by atoms with Gasteiger partial charge in [-0.3, -0.25) is 14.9 Å². The molecule has 0 amide bonds. The van der Waals surface area contributed by atoms with E-state index < -0.39 is 22.3 Å². The zero-order chi connectivity index (χ0) is 17.9. The predicted octanol–water partition coefficient (Wildman–Crippen LogP) is 3.84. The number of nitro groups is 1. The summed E-state index contributed by atoms with van der Waals surface area (Å²) in [5.41, 5.74) is 0.777. The minimum atomic E-state index is -1.11. The number of carbonyl (C=O) groups is 1. The second-order valence-electron chi connectivity index (χ2n) is 5.23. The van der Waals surface area contributed by atoms with E-state index in [9.17, 15) is 23.7 Å². The fourth-order valence-electron chi connectivity index (χ4n) is 2.09. The van der Waals surface area contributed by atoms with Crippen molar-refractivity contribution in [2.24, 2.45) is 0 Å². The molecule has 0 unspecified atom stereocenters. The van der Waals surface area contributed by atoms with Gasteiger partial charge in [-0.2, -0.15) is 0 Å². The summed E-state index contributed by atoms with van der Waals surface area (Å²) in [5, 5.41) is 11.1. The van der Waals surface area contributed by atoms with Crippen LogP contribution >= 0.6 is 0 Å². The Balaban J connectivity index is 2.28. The molecule has 0 radical (unpaired) electrons. The van der Waals surface area contributed by atoms with Crippen LogP contribution in [0.5, 0.6) is 0 Å². The average Bonchev–Trinajstić information content (AvgIpc) is 2.54. The van der Waals surface area contributed by atoms with Gasteiger partial charge in [0.2, 0.25) is 0 Å². The Bertz CT molecular complexity index is 833. The number of nitrogens with zero attached hydrogens (tertiary/aromatic N) is 2. The van der Waals surface area contributed by atoms with Crippen molar-refractivity contribution in [2.75, 3.05) is 19.0 Å². The SMILES string of the molecule is CN(C)c1ccc(/C=C/C(=O)c2ccc(F)c(F)c2)cc1[N+](=O)[O-]. The Morgan fingerprint density at radius 2 is 1.83 bits per heavy atom. The average molecular weight is 332 g/mol. The van der Waals surface area contributed by atoms with E-state index in [2.05, 4.69) is 0 Å². The fourth-order valence-corrected chi connectivity index (χ4v) is 2.09. The highest BCUT2D eigenvalue weighted by atomic mass is 19.2. The second-order valence-corrected chi connectivity index (χ2v) is 5.23. The fraction of sp³-hybridized carbons (Fsp3) is 0.118. The maximum absolute atomic E-state index is 13.1. The standard InChI is InChI=1S/C17H14F2N2O3/c1-20(2)15-7-3-11(9-16(15)21(23)24)4-8-17(22)12-5-6-13(18)14(19)10-12/h3-10H,1-2H3/b8-4+. The van der Waals surface area contributed by atoms with Crippen LogP contribution in [0.4, 0.5) is 20.2 Å². The number of hydrogen-bond donors (Lipinski definition) is 0. The Morgan fingerprint density at radius 1 is 1.12 bits per heavy atom. The van der Waals surface area contributed by atoms with Crippen LogP contribution in [-0.2, 0) is 0 Å². The summed E-state index contributed by atoms with van der Waals surface area (Å²) in [6, 6.07) is 7.37. The van der Waals surface area contributed by atoms with E-state index in [-0.39, 0.29) is 11.3 Å². The van der Waals surface area contributed by atoms with Crippen LogP contribution in [0.25, 0.3) is 6.08 Å². The molecule has 0 aliphatic rings. The predicted molar refractivity (Wildman–Crippen MR) is 87.1 cm³/mol. The molecule has 0 saturated heterocycles. The summed E-state index contributed by atoms with van der Waals surface area (Å²) in [5.74, 6) is -2.68. The molecule has 0 aromatic heterocycles. The van der Waals surface area contributed by atoms with Crippen LogP contribution in [0.15, 0.2) is 42.5 Å². The molecule has 2 aromatic rings. The highest BCUT2D eigenvalue weighted by Crippen LogP contribution is 2.28. The minimum absolute atomic E-state index is 0.00967. The van der Waals surface area contributed by atoms with Gasteiger partial charge in [-0.05, 0) is 35.9 Å². The van der Waals surface area contributed by atoms with Crippen LogP contribution in [0.3, 0.4) is 0 Å². The van der Waals surface area contributed by atoms with E-state index in [0.717, 1.165) is 18.2 Å². The van der Waals surface area contributed by atoms with Crippen molar-refractivity contribution in [3.8, 4) is 0 Å². The molecule has 0 heterocycles. The lowest BCUT2D eigenvalue weighted by Gasteiger charge is -2.12. The minimum Gasteiger partial charge on any atom is -0.372 e. The van der Waals surface area contributed by atoms with Gasteiger partial charge in [0.25, 0.3) is 5.69 Å². The van der Waals surface area contributed by atoms with Gasteiger partial charge in [-0.15, -0.1) is 0 Å². The summed E-state index contributed by atoms with van der Waals surface area (Å²) in [6.07, 6.45) is 2.54. The first-order valence-corrected chi connectivity index (χ1v) is 6.93. The number of allylic oxidation sites excluding steroid dienone is 1. The zero-order valence-electron chi connectivity index (χ0n) is 13.0. The van der Waals surface area contributed by atoms with Gasteiger partial charge in [0.15, 0.2) is 17.4 Å². The summed E-state index contributed by atoms with van der Waals surface area (Å²) in [4.78, 5) is 24.2. The molecule has 2 aromatic carbocycles. The number of halogens is 2. The first-order valence-electron chi connectivity index (χ1n) is 6.93. The van der Waals surface area contributed by atoms with Crippen molar-refractivity contribution in [1.82, 2.24) is 0 Å². The van der Waals surface area contributed by atoms with Crippen molar-refractivity contribution >= 4 is 23.2 Å². The lowest BCUT2D eigenvalue weighted by Crippen LogP contribution is -2.11. The van der Waals surface area contributed by atoms with Gasteiger partial charge in [-0.25, -0.2) is 8.78 Å². The van der Waals surface area contributed by atoms with E-state index >= 15 is 0 Å². The molecule has 0 saturated carbocycles. The number of ketones is 1. The summed E-state index contributed by atoms with van der Waals surface area (Å²) in [6.45, 7) is 0. The smallest absolute Gasteiger partial charge is 0.293 e. The summed E-state index contributed by atoms with van der Waals surface area (Å²) >= 11 is 0. The first kappa shape index (κ1) is 17.3. The van der Waals surface area contributed by atoms with Gasteiger partial charge in [0.1, 0.15) is 5.69 Å². The molecule has 0 aliphatic carbocycles. The molecule has 0 fully saturated rings. The van der Waals surface area contributed by atoms with Gasteiger partial charge in [0, 0.05) is 25.7 Å². The highest BCUT2D eigenvalue weighted by molar-refractivity contribution is 6.06. The van der Waals surface area contributed by atoms with Crippen LogP contribution < -0.4 is 4.90 Å². The number of anilines is 1. The van der Waals surface area contributed by atoms with Crippen LogP contribution in [0.1, 0.15) is 15.9 Å². The topological polar surface area (TPSA) is 63.5 Å². The van der Waals surface area contributed by atoms with E-state index in [4.69, 9.17) is 0 Å². The quantitative estimate of drug-likeness (QED) is 0.361. The lowest BCUT2D eigenvalue weighted by molar-refractivity contribution is -0.384. The molecular formula is C17H14F2N2O3. The molecule has 0 N–H and O–H groups in total. The molecule has 24 heavy (non-hydrogen) atoms. The summed E-state index contributed by atoms with van der Waals surface area (Å²) in [7, 11) is 3.37. The van der Waals surface area contributed by atoms with Gasteiger partial charge < -0.3 is 4.90 Å². The molecular weight excluding hydrogens is 318 g/mol. The third-order valence-corrected chi connectivity index (χ3v) is 3.31. The number of benzene rings is 2. The number of rotatable bonds is 5. The lowest BCUT2D eigenvalue weighted by atomic mass is 10.1. The maximum atomic E-state index is 13.1. The number of nitro benzene ring substituents is 1. The Hall–Kier alpha value is -3.09. The number of hydrogen-bond acceptors (Lipinski definition) is 4. The van der Waals surface area contributed by atoms with Crippen molar-refractivity contribution in [1.29, 1.82) is 0 Å². The summed E-state index contributed by atoms with van der Waals surface area (Å²) < 4.78 is 26.0. The molecule has 5 nitrogen and oxygen atoms in total. The molecule has 124 valence electrons. The molecule has 0 atom stereocenters. The normalized spacial score (nSPS) is 10.8. The Labute approximate surface area is 137 Å². The van der Waals surface area contributed by atoms with Crippen molar-refractivity contribution in [3.05, 3.63) is 75.3 Å². The first-order chi connectivity index (χ1) is 11.3. The van der Waals surface area contributed by atoms with Gasteiger partial charge in [-0.1, -0.05) is 12.1 Å². The molecule has 7 heteroatoms. The molecule has 0 bridgehead atoms. The number of carbonyl (C=O) groups excluding carboxylic acids is 1. The highest BCUT2D eigenvalue weighted by Gasteiger charge is 2.15. The van der Waals surface area contributed by atoms with Gasteiger partial charge in [0.05, 0.1) is 4.92 Å². The Kier molecular flexibility index (Phi) is 5.03. The zero-order valence-corrected chi connectivity index (χ0v) is 13.0. The van der Waals surface area contributed by atoms with E-state index in [0.29, 0.717) is 11.3 Å². The third kappa shape index (κ3) is 3.81. The monoisotopic (exact) mass is 332 g/mol. The van der Waals surface area contributed by atoms with Crippen LogP contribution in [0.2, 0.25) is 0 Å². The molecule has 0 spiro atoms. The second kappa shape index (κ2) is 6.99.